The maximum atomic E-state index is 11.3. The molecule has 0 aromatic heterocycles. The molecule has 0 aliphatic heterocycles. The highest BCUT2D eigenvalue weighted by molar-refractivity contribution is 5.83. The second-order valence-corrected chi connectivity index (χ2v) is 2.94. The first kappa shape index (κ1) is 10.9. The van der Waals surface area contributed by atoms with Crippen molar-refractivity contribution >= 4 is 5.78 Å². The zero-order valence-corrected chi connectivity index (χ0v) is 8.14. The van der Waals surface area contributed by atoms with Crippen molar-refractivity contribution < 1.29 is 14.6 Å². The molecule has 1 rings (SSSR count). The molecule has 1 aromatic carbocycles. The Bertz CT molecular complexity index is 282. The molecule has 1 aromatic rings. The Balaban J connectivity index is 2.49. The van der Waals surface area contributed by atoms with E-state index in [4.69, 9.17) is 4.74 Å². The van der Waals surface area contributed by atoms with E-state index in [1.165, 1.54) is 0 Å². The van der Waals surface area contributed by atoms with E-state index in [2.05, 4.69) is 0 Å². The van der Waals surface area contributed by atoms with Crippen LogP contribution in [-0.2, 0) is 16.0 Å². The number of aliphatic hydroxyl groups excluding tert-OH is 1. The number of ketones is 1. The molecule has 0 bridgehead atoms. The molecule has 0 amide bonds. The van der Waals surface area contributed by atoms with E-state index in [1.807, 2.05) is 30.3 Å². The van der Waals surface area contributed by atoms with Gasteiger partial charge in [-0.05, 0) is 12.5 Å². The monoisotopic (exact) mass is 194 g/mol. The predicted molar refractivity (Wildman–Crippen MR) is 52.8 cm³/mol. The van der Waals surface area contributed by atoms with Gasteiger partial charge in [0.1, 0.15) is 0 Å². The fourth-order valence-electron chi connectivity index (χ4n) is 1.14. The molecule has 0 heterocycles. The molecule has 3 heteroatoms. The van der Waals surface area contributed by atoms with Gasteiger partial charge in [-0.1, -0.05) is 30.3 Å². The van der Waals surface area contributed by atoms with Crippen molar-refractivity contribution in [1.82, 2.24) is 0 Å². The van der Waals surface area contributed by atoms with Gasteiger partial charge in [-0.2, -0.15) is 0 Å². The zero-order valence-electron chi connectivity index (χ0n) is 8.14. The highest BCUT2D eigenvalue weighted by Gasteiger charge is 2.14. The van der Waals surface area contributed by atoms with Crippen LogP contribution in [0.15, 0.2) is 30.3 Å². The van der Waals surface area contributed by atoms with Crippen LogP contribution in [0.3, 0.4) is 0 Å². The molecule has 0 saturated carbocycles. The van der Waals surface area contributed by atoms with Crippen molar-refractivity contribution in [3.63, 3.8) is 0 Å². The minimum absolute atomic E-state index is 0.210. The summed E-state index contributed by atoms with van der Waals surface area (Å²) in [5.74, 6) is -0.307. The normalized spacial score (nSPS) is 12.4. The van der Waals surface area contributed by atoms with Gasteiger partial charge in [0.05, 0.1) is 0 Å². The van der Waals surface area contributed by atoms with Crippen molar-refractivity contribution in [2.24, 2.45) is 0 Å². The molecule has 1 unspecified atom stereocenters. The van der Waals surface area contributed by atoms with Gasteiger partial charge in [0.25, 0.3) is 0 Å². The topological polar surface area (TPSA) is 46.5 Å². The standard InChI is InChI=1S/C11H14O3/c1-2-14-11(13)10(12)8-9-6-4-3-5-7-9/h3-7,11,13H,2,8H2,1H3. The number of rotatable bonds is 5. The number of hydrogen-bond acceptors (Lipinski definition) is 3. The Hall–Kier alpha value is -1.19. The van der Waals surface area contributed by atoms with Crippen LogP contribution in [0.25, 0.3) is 0 Å². The van der Waals surface area contributed by atoms with Crippen molar-refractivity contribution in [3.8, 4) is 0 Å². The van der Waals surface area contributed by atoms with Crippen LogP contribution < -0.4 is 0 Å². The van der Waals surface area contributed by atoms with E-state index < -0.39 is 6.29 Å². The van der Waals surface area contributed by atoms with Crippen LogP contribution in [-0.4, -0.2) is 23.8 Å². The van der Waals surface area contributed by atoms with Gasteiger partial charge in [-0.3, -0.25) is 4.79 Å². The van der Waals surface area contributed by atoms with Gasteiger partial charge in [-0.25, -0.2) is 0 Å². The summed E-state index contributed by atoms with van der Waals surface area (Å²) in [5.41, 5.74) is 0.885. The number of carbonyl (C=O) groups excluding carboxylic acids is 1. The molecule has 76 valence electrons. The highest BCUT2D eigenvalue weighted by Crippen LogP contribution is 2.02. The third-order valence-electron chi connectivity index (χ3n) is 1.82. The average molecular weight is 194 g/mol. The molecule has 0 aliphatic rings. The Labute approximate surface area is 83.3 Å². The lowest BCUT2D eigenvalue weighted by atomic mass is 10.1. The van der Waals surface area contributed by atoms with E-state index >= 15 is 0 Å². The highest BCUT2D eigenvalue weighted by atomic mass is 16.6. The maximum absolute atomic E-state index is 11.3. The Kier molecular flexibility index (Phi) is 4.29. The number of benzene rings is 1. The van der Waals surface area contributed by atoms with Crippen molar-refractivity contribution in [2.45, 2.75) is 19.6 Å². The summed E-state index contributed by atoms with van der Waals surface area (Å²) in [5, 5.41) is 9.21. The summed E-state index contributed by atoms with van der Waals surface area (Å²) in [7, 11) is 0. The first-order chi connectivity index (χ1) is 6.74. The fourth-order valence-corrected chi connectivity index (χ4v) is 1.14. The molecule has 3 nitrogen and oxygen atoms in total. The number of carbonyl (C=O) groups is 1. The molecule has 0 spiro atoms. The molecule has 1 N–H and O–H groups in total. The quantitative estimate of drug-likeness (QED) is 0.715. The van der Waals surface area contributed by atoms with E-state index in [0.29, 0.717) is 6.61 Å². The summed E-state index contributed by atoms with van der Waals surface area (Å²) in [6.45, 7) is 2.07. The molecule has 1 atom stereocenters. The molecule has 14 heavy (non-hydrogen) atoms. The molecule has 0 aliphatic carbocycles. The third kappa shape index (κ3) is 3.28. The van der Waals surface area contributed by atoms with E-state index in [-0.39, 0.29) is 12.2 Å². The number of aliphatic hydroxyl groups is 1. The maximum Gasteiger partial charge on any atom is 0.215 e. The van der Waals surface area contributed by atoms with Crippen LogP contribution in [0.1, 0.15) is 12.5 Å². The summed E-state index contributed by atoms with van der Waals surface area (Å²) >= 11 is 0. The van der Waals surface area contributed by atoms with Gasteiger partial charge in [0.2, 0.25) is 6.29 Å². The second-order valence-electron chi connectivity index (χ2n) is 2.94. The average Bonchev–Trinajstić information content (AvgIpc) is 2.19. The molecular formula is C11H14O3. The smallest absolute Gasteiger partial charge is 0.215 e. The van der Waals surface area contributed by atoms with Gasteiger partial charge in [0, 0.05) is 13.0 Å². The minimum atomic E-state index is -1.29. The van der Waals surface area contributed by atoms with Gasteiger partial charge in [0.15, 0.2) is 5.78 Å². The van der Waals surface area contributed by atoms with Crippen molar-refractivity contribution in [1.29, 1.82) is 0 Å². The van der Waals surface area contributed by atoms with Crippen LogP contribution in [0.2, 0.25) is 0 Å². The third-order valence-corrected chi connectivity index (χ3v) is 1.82. The van der Waals surface area contributed by atoms with Crippen LogP contribution >= 0.6 is 0 Å². The van der Waals surface area contributed by atoms with E-state index in [1.54, 1.807) is 6.92 Å². The van der Waals surface area contributed by atoms with E-state index in [0.717, 1.165) is 5.56 Å². The van der Waals surface area contributed by atoms with Gasteiger partial charge >= 0.3 is 0 Å². The molecule has 0 radical (unpaired) electrons. The number of hydrogen-bond donors (Lipinski definition) is 1. The lowest BCUT2D eigenvalue weighted by Gasteiger charge is -2.08. The first-order valence-corrected chi connectivity index (χ1v) is 4.60. The predicted octanol–water partition coefficient (Wildman–Crippen LogP) is 1.15. The fraction of sp³-hybridized carbons (Fsp3) is 0.364. The zero-order chi connectivity index (χ0) is 10.4. The Morgan fingerprint density at radius 3 is 2.64 bits per heavy atom. The number of ether oxygens (including phenoxy) is 1. The van der Waals surface area contributed by atoms with Crippen LogP contribution in [0.4, 0.5) is 0 Å². The number of Topliss-reactive ketones (excluding diaryl/α,β-unsaturated/α-hetero) is 1. The Morgan fingerprint density at radius 1 is 1.43 bits per heavy atom. The van der Waals surface area contributed by atoms with Gasteiger partial charge < -0.3 is 9.84 Å². The van der Waals surface area contributed by atoms with Crippen LogP contribution in [0, 0.1) is 0 Å². The summed E-state index contributed by atoms with van der Waals surface area (Å²) in [4.78, 5) is 11.3. The lowest BCUT2D eigenvalue weighted by Crippen LogP contribution is -2.25. The minimum Gasteiger partial charge on any atom is -0.362 e. The van der Waals surface area contributed by atoms with Crippen molar-refractivity contribution in [2.75, 3.05) is 6.61 Å². The lowest BCUT2D eigenvalue weighted by molar-refractivity contribution is -0.154. The van der Waals surface area contributed by atoms with Crippen molar-refractivity contribution in [3.05, 3.63) is 35.9 Å². The largest absolute Gasteiger partial charge is 0.362 e. The molecule has 0 fully saturated rings. The SMILES string of the molecule is CCOC(O)C(=O)Cc1ccccc1. The molecular weight excluding hydrogens is 180 g/mol. The summed E-state index contributed by atoms with van der Waals surface area (Å²) < 4.78 is 4.78. The first-order valence-electron chi connectivity index (χ1n) is 4.60. The van der Waals surface area contributed by atoms with Crippen LogP contribution in [0.5, 0.6) is 0 Å². The summed E-state index contributed by atoms with van der Waals surface area (Å²) in [6.07, 6.45) is -1.08. The second kappa shape index (κ2) is 5.52. The van der Waals surface area contributed by atoms with E-state index in [9.17, 15) is 9.90 Å². The molecule has 0 saturated heterocycles. The Morgan fingerprint density at radius 2 is 2.07 bits per heavy atom. The summed E-state index contributed by atoms with van der Waals surface area (Å²) in [6, 6.07) is 9.28. The van der Waals surface area contributed by atoms with Gasteiger partial charge in [-0.15, -0.1) is 0 Å².